The zero-order valence-corrected chi connectivity index (χ0v) is 13.6. The predicted molar refractivity (Wildman–Crippen MR) is 87.4 cm³/mol. The van der Waals surface area contributed by atoms with Gasteiger partial charge in [0.05, 0.1) is 12.0 Å². The number of benzene rings is 2. The molecule has 4 nitrogen and oxygen atoms in total. The van der Waals surface area contributed by atoms with Gasteiger partial charge in [0.2, 0.25) is 0 Å². The fourth-order valence-corrected chi connectivity index (χ4v) is 2.49. The zero-order valence-electron chi connectivity index (χ0n) is 13.6. The Hall–Kier alpha value is -2.33. The van der Waals surface area contributed by atoms with E-state index in [-0.39, 0.29) is 5.56 Å². The maximum absolute atomic E-state index is 11.1. The Morgan fingerprint density at radius 1 is 1.09 bits per heavy atom. The summed E-state index contributed by atoms with van der Waals surface area (Å²) in [6, 6.07) is 17.4. The topological polar surface area (TPSA) is 53.8 Å². The lowest BCUT2D eigenvalue weighted by atomic mass is 10.2. The molecule has 0 aromatic heterocycles. The first-order valence-corrected chi connectivity index (χ1v) is 7.89. The third-order valence-corrected chi connectivity index (χ3v) is 3.88. The van der Waals surface area contributed by atoms with Gasteiger partial charge in [-0.3, -0.25) is 0 Å². The van der Waals surface area contributed by atoms with Crippen LogP contribution in [0.15, 0.2) is 54.6 Å². The number of hydrogen-bond acceptors (Lipinski definition) is 3. The molecule has 0 bridgehead atoms. The van der Waals surface area contributed by atoms with Gasteiger partial charge in [0, 0.05) is 11.1 Å². The number of hydrogen-bond donors (Lipinski definition) is 1. The Kier molecular flexibility index (Phi) is 6.18. The van der Waals surface area contributed by atoms with Crippen molar-refractivity contribution in [3.63, 3.8) is 0 Å². The van der Waals surface area contributed by atoms with E-state index < -0.39 is 5.97 Å². The second-order valence-electron chi connectivity index (χ2n) is 5.86. The van der Waals surface area contributed by atoms with Crippen molar-refractivity contribution in [1.82, 2.24) is 0 Å². The van der Waals surface area contributed by atoms with Gasteiger partial charge in [-0.05, 0) is 26.0 Å². The molecule has 2 rings (SSSR count). The molecule has 2 aromatic carbocycles. The van der Waals surface area contributed by atoms with Crippen LogP contribution < -0.4 is 14.7 Å². The lowest BCUT2D eigenvalue weighted by Crippen LogP contribution is -3.14. The summed E-state index contributed by atoms with van der Waals surface area (Å²) in [5.74, 6) is -0.840. The van der Waals surface area contributed by atoms with E-state index >= 15 is 0 Å². The average molecular weight is 313 g/mol. The Bertz CT molecular complexity index is 626. The minimum Gasteiger partial charge on any atom is -0.545 e. The lowest BCUT2D eigenvalue weighted by molar-refractivity contribution is -0.935. The molecule has 1 atom stereocenters. The van der Waals surface area contributed by atoms with E-state index in [1.165, 1.54) is 16.5 Å². The Balaban J connectivity index is 1.94. The highest BCUT2D eigenvalue weighted by Crippen LogP contribution is 2.16. The molecule has 0 saturated heterocycles. The number of nitrogens with one attached hydrogen (secondary N) is 1. The van der Waals surface area contributed by atoms with Crippen molar-refractivity contribution < 1.29 is 19.5 Å². The second-order valence-corrected chi connectivity index (χ2v) is 5.86. The number of carboxylic acids is 1. The van der Waals surface area contributed by atoms with E-state index in [1.807, 2.05) is 18.2 Å². The van der Waals surface area contributed by atoms with E-state index in [0.29, 0.717) is 18.4 Å². The van der Waals surface area contributed by atoms with Crippen LogP contribution in [0.25, 0.3) is 0 Å². The van der Waals surface area contributed by atoms with Crippen LogP contribution in [0.4, 0.5) is 0 Å². The van der Waals surface area contributed by atoms with Crippen molar-refractivity contribution in [2.75, 3.05) is 13.2 Å². The maximum Gasteiger partial charge on any atom is 0.137 e. The van der Waals surface area contributed by atoms with Gasteiger partial charge in [-0.1, -0.05) is 42.5 Å². The number of carbonyl (C=O) groups excluding carboxylic acids is 1. The molecule has 0 spiro atoms. The summed E-state index contributed by atoms with van der Waals surface area (Å²) in [7, 11) is 0. The van der Waals surface area contributed by atoms with Crippen molar-refractivity contribution in [2.45, 2.75) is 26.4 Å². The monoisotopic (exact) mass is 313 g/mol. The molecule has 122 valence electrons. The summed E-state index contributed by atoms with van der Waals surface area (Å²) >= 11 is 0. The SMILES string of the molecule is CC(C)[NH+](CCOc1ccccc1C(=O)[O-])Cc1ccccc1. The van der Waals surface area contributed by atoms with E-state index in [4.69, 9.17) is 4.74 Å². The third kappa shape index (κ3) is 5.11. The molecule has 0 fully saturated rings. The molecule has 1 N–H and O–H groups in total. The Labute approximate surface area is 137 Å². The zero-order chi connectivity index (χ0) is 16.7. The Morgan fingerprint density at radius 2 is 1.74 bits per heavy atom. The molecule has 23 heavy (non-hydrogen) atoms. The smallest absolute Gasteiger partial charge is 0.137 e. The molecular weight excluding hydrogens is 290 g/mol. The lowest BCUT2D eigenvalue weighted by Gasteiger charge is -2.24. The summed E-state index contributed by atoms with van der Waals surface area (Å²) in [6.07, 6.45) is 0. The fourth-order valence-electron chi connectivity index (χ4n) is 2.49. The average Bonchev–Trinajstić information content (AvgIpc) is 2.55. The molecule has 0 saturated carbocycles. The molecule has 0 aliphatic heterocycles. The summed E-state index contributed by atoms with van der Waals surface area (Å²) < 4.78 is 5.68. The van der Waals surface area contributed by atoms with Crippen LogP contribution in [-0.4, -0.2) is 25.2 Å². The molecule has 0 aliphatic rings. The first-order chi connectivity index (χ1) is 11.1. The van der Waals surface area contributed by atoms with E-state index in [1.54, 1.807) is 18.2 Å². The highest BCUT2D eigenvalue weighted by Gasteiger charge is 2.14. The van der Waals surface area contributed by atoms with Crippen molar-refractivity contribution in [3.8, 4) is 5.75 Å². The standard InChI is InChI=1S/C19H23NO3/c1-15(2)20(14-16-8-4-3-5-9-16)12-13-23-18-11-7-6-10-17(18)19(21)22/h3-11,15H,12-14H2,1-2H3,(H,21,22). The molecule has 0 heterocycles. The van der Waals surface area contributed by atoms with Gasteiger partial charge >= 0.3 is 0 Å². The quantitative estimate of drug-likeness (QED) is 0.788. The first kappa shape index (κ1) is 17.0. The summed E-state index contributed by atoms with van der Waals surface area (Å²) in [5, 5.41) is 11.1. The number of carboxylic acid groups (broad SMARTS) is 1. The second kappa shape index (κ2) is 8.34. The molecule has 1 unspecified atom stereocenters. The summed E-state index contributed by atoms with van der Waals surface area (Å²) in [5.41, 5.74) is 1.38. The van der Waals surface area contributed by atoms with Crippen LogP contribution in [0.2, 0.25) is 0 Å². The van der Waals surface area contributed by atoms with Gasteiger partial charge in [0.25, 0.3) is 0 Å². The van der Waals surface area contributed by atoms with E-state index in [9.17, 15) is 9.90 Å². The molecule has 0 amide bonds. The number of carbonyl (C=O) groups is 1. The molecule has 2 aromatic rings. The minimum atomic E-state index is -1.21. The highest BCUT2D eigenvalue weighted by atomic mass is 16.5. The summed E-state index contributed by atoms with van der Waals surface area (Å²) in [4.78, 5) is 12.5. The van der Waals surface area contributed by atoms with Gasteiger partial charge in [0.15, 0.2) is 0 Å². The van der Waals surface area contributed by atoms with Crippen LogP contribution in [0.5, 0.6) is 5.75 Å². The third-order valence-electron chi connectivity index (χ3n) is 3.88. The van der Waals surface area contributed by atoms with E-state index in [2.05, 4.69) is 26.0 Å². The number of ether oxygens (including phenoxy) is 1. The van der Waals surface area contributed by atoms with Gasteiger partial charge in [0.1, 0.15) is 25.4 Å². The predicted octanol–water partition coefficient (Wildman–Crippen LogP) is 0.922. The van der Waals surface area contributed by atoms with Gasteiger partial charge in [-0.25, -0.2) is 0 Å². The van der Waals surface area contributed by atoms with Crippen molar-refractivity contribution in [3.05, 3.63) is 65.7 Å². The maximum atomic E-state index is 11.1. The normalized spacial score (nSPS) is 12.1. The van der Waals surface area contributed by atoms with Crippen LogP contribution in [0, 0.1) is 0 Å². The van der Waals surface area contributed by atoms with Crippen LogP contribution >= 0.6 is 0 Å². The number of quaternary nitrogens is 1. The molecular formula is C19H23NO3. The summed E-state index contributed by atoms with van der Waals surface area (Å²) in [6.45, 7) is 6.53. The van der Waals surface area contributed by atoms with Crippen LogP contribution in [0.3, 0.4) is 0 Å². The Morgan fingerprint density at radius 3 is 2.39 bits per heavy atom. The number of rotatable bonds is 8. The highest BCUT2D eigenvalue weighted by molar-refractivity contribution is 5.89. The van der Waals surface area contributed by atoms with Crippen LogP contribution in [-0.2, 0) is 6.54 Å². The molecule has 0 radical (unpaired) electrons. The van der Waals surface area contributed by atoms with Crippen molar-refractivity contribution >= 4 is 5.97 Å². The van der Waals surface area contributed by atoms with E-state index in [0.717, 1.165) is 13.1 Å². The van der Waals surface area contributed by atoms with Gasteiger partial charge in [-0.2, -0.15) is 0 Å². The minimum absolute atomic E-state index is 0.0988. The van der Waals surface area contributed by atoms with Crippen LogP contribution in [0.1, 0.15) is 29.8 Å². The number of aromatic carboxylic acids is 1. The van der Waals surface area contributed by atoms with Crippen molar-refractivity contribution in [2.24, 2.45) is 0 Å². The molecule has 4 heteroatoms. The fraction of sp³-hybridized carbons (Fsp3) is 0.316. The largest absolute Gasteiger partial charge is 0.545 e. The van der Waals surface area contributed by atoms with Gasteiger partial charge < -0.3 is 19.5 Å². The number of para-hydroxylation sites is 1. The molecule has 0 aliphatic carbocycles. The van der Waals surface area contributed by atoms with Crippen molar-refractivity contribution in [1.29, 1.82) is 0 Å². The first-order valence-electron chi connectivity index (χ1n) is 7.89. The van der Waals surface area contributed by atoms with Gasteiger partial charge in [-0.15, -0.1) is 0 Å².